The van der Waals surface area contributed by atoms with Gasteiger partial charge >= 0.3 is 0 Å². The first-order valence-corrected chi connectivity index (χ1v) is 6.03. The molecule has 2 rings (SSSR count). The maximum absolute atomic E-state index is 13.2. The molecule has 0 amide bonds. The van der Waals surface area contributed by atoms with Crippen LogP contribution in [0.4, 0.5) is 4.39 Å². The summed E-state index contributed by atoms with van der Waals surface area (Å²) in [5.74, 6) is -0.463. The van der Waals surface area contributed by atoms with Crippen molar-refractivity contribution in [3.05, 3.63) is 70.5 Å². The number of halogens is 2. The van der Waals surface area contributed by atoms with E-state index in [1.807, 2.05) is 30.3 Å². The third-order valence-electron chi connectivity index (χ3n) is 2.66. The first kappa shape index (κ1) is 12.8. The lowest BCUT2D eigenvalue weighted by Gasteiger charge is -2.04. The van der Waals surface area contributed by atoms with E-state index in [2.05, 4.69) is 0 Å². The molecule has 0 aliphatic rings. The highest BCUT2D eigenvalue weighted by molar-refractivity contribution is 6.31. The molecule has 0 bridgehead atoms. The molecule has 2 aromatic carbocycles. The predicted molar refractivity (Wildman–Crippen MR) is 70.3 cm³/mol. The van der Waals surface area contributed by atoms with Gasteiger partial charge in [-0.25, -0.2) is 4.39 Å². The van der Waals surface area contributed by atoms with Gasteiger partial charge in [0.1, 0.15) is 11.6 Å². The minimum absolute atomic E-state index is 0.0219. The molecular formula is C15H12ClFO. The minimum Gasteiger partial charge on any atom is -0.299 e. The number of benzene rings is 2. The molecule has 92 valence electrons. The summed E-state index contributed by atoms with van der Waals surface area (Å²) >= 11 is 5.81. The van der Waals surface area contributed by atoms with E-state index in [0.717, 1.165) is 5.56 Å². The summed E-state index contributed by atoms with van der Waals surface area (Å²) in [4.78, 5) is 11.9. The van der Waals surface area contributed by atoms with Crippen LogP contribution in [0.15, 0.2) is 48.5 Å². The number of Topliss-reactive ketones (excluding diaryl/α,β-unsaturated/α-hetero) is 1. The van der Waals surface area contributed by atoms with Crippen molar-refractivity contribution in [1.29, 1.82) is 0 Å². The zero-order valence-electron chi connectivity index (χ0n) is 9.70. The first-order chi connectivity index (χ1) is 8.66. The standard InChI is InChI=1S/C15H12ClFO/c16-15-12(7-4-8-14(15)17)10-13(18)9-11-5-2-1-3-6-11/h1-8H,9-10H2. The monoisotopic (exact) mass is 262 g/mol. The number of carbonyl (C=O) groups excluding carboxylic acids is 1. The molecule has 0 aromatic heterocycles. The SMILES string of the molecule is O=C(Cc1ccccc1)Cc1cccc(F)c1Cl. The van der Waals surface area contributed by atoms with Crippen LogP contribution in [0.5, 0.6) is 0 Å². The van der Waals surface area contributed by atoms with Crippen LogP contribution >= 0.6 is 11.6 Å². The zero-order chi connectivity index (χ0) is 13.0. The summed E-state index contributed by atoms with van der Waals surface area (Å²) in [6.45, 7) is 0. The topological polar surface area (TPSA) is 17.1 Å². The molecule has 0 aliphatic heterocycles. The van der Waals surface area contributed by atoms with Gasteiger partial charge in [-0.05, 0) is 17.2 Å². The van der Waals surface area contributed by atoms with Crippen LogP contribution in [0.3, 0.4) is 0 Å². The summed E-state index contributed by atoms with van der Waals surface area (Å²) in [6.07, 6.45) is 0.499. The van der Waals surface area contributed by atoms with Gasteiger partial charge in [-0.2, -0.15) is 0 Å². The van der Waals surface area contributed by atoms with Gasteiger partial charge in [0.05, 0.1) is 5.02 Å². The minimum atomic E-state index is -0.485. The Balaban J connectivity index is 2.06. The molecule has 1 nitrogen and oxygen atoms in total. The Bertz CT molecular complexity index is 552. The fourth-order valence-electron chi connectivity index (χ4n) is 1.78. The van der Waals surface area contributed by atoms with E-state index in [0.29, 0.717) is 12.0 Å². The van der Waals surface area contributed by atoms with Gasteiger partial charge in [-0.1, -0.05) is 54.1 Å². The van der Waals surface area contributed by atoms with Crippen LogP contribution in [0.1, 0.15) is 11.1 Å². The molecule has 0 saturated heterocycles. The highest BCUT2D eigenvalue weighted by atomic mass is 35.5. The second-order valence-corrected chi connectivity index (χ2v) is 4.47. The largest absolute Gasteiger partial charge is 0.299 e. The van der Waals surface area contributed by atoms with E-state index in [9.17, 15) is 9.18 Å². The lowest BCUT2D eigenvalue weighted by Crippen LogP contribution is -2.07. The molecule has 0 heterocycles. The van der Waals surface area contributed by atoms with Gasteiger partial charge in [-0.15, -0.1) is 0 Å². The molecule has 0 N–H and O–H groups in total. The van der Waals surface area contributed by atoms with Crippen LogP contribution < -0.4 is 0 Å². The molecule has 3 heteroatoms. The summed E-state index contributed by atoms with van der Waals surface area (Å²) in [7, 11) is 0. The maximum Gasteiger partial charge on any atom is 0.142 e. The first-order valence-electron chi connectivity index (χ1n) is 5.65. The smallest absolute Gasteiger partial charge is 0.142 e. The van der Waals surface area contributed by atoms with E-state index in [1.165, 1.54) is 6.07 Å². The predicted octanol–water partition coefficient (Wildman–Crippen LogP) is 3.83. The molecule has 0 saturated carbocycles. The van der Waals surface area contributed by atoms with Crippen LogP contribution in [-0.2, 0) is 17.6 Å². The number of carbonyl (C=O) groups is 1. The quantitative estimate of drug-likeness (QED) is 0.818. The second-order valence-electron chi connectivity index (χ2n) is 4.09. The Kier molecular flexibility index (Phi) is 4.11. The van der Waals surface area contributed by atoms with Crippen LogP contribution in [0.2, 0.25) is 5.02 Å². The van der Waals surface area contributed by atoms with E-state index in [-0.39, 0.29) is 17.2 Å². The Morgan fingerprint density at radius 2 is 1.72 bits per heavy atom. The summed E-state index contributed by atoms with van der Waals surface area (Å²) in [6, 6.07) is 14.0. The van der Waals surface area contributed by atoms with Crippen LogP contribution in [-0.4, -0.2) is 5.78 Å². The van der Waals surface area contributed by atoms with Gasteiger partial charge in [0.15, 0.2) is 0 Å². The maximum atomic E-state index is 13.2. The zero-order valence-corrected chi connectivity index (χ0v) is 10.5. The Labute approximate surface area is 110 Å². The van der Waals surface area contributed by atoms with Gasteiger partial charge in [-0.3, -0.25) is 4.79 Å². The Morgan fingerprint density at radius 3 is 2.44 bits per heavy atom. The molecule has 0 aliphatic carbocycles. The third kappa shape index (κ3) is 3.17. The number of hydrogen-bond donors (Lipinski definition) is 0. The number of rotatable bonds is 4. The van der Waals surface area contributed by atoms with E-state index in [4.69, 9.17) is 11.6 Å². The van der Waals surface area contributed by atoms with Gasteiger partial charge < -0.3 is 0 Å². The average Bonchev–Trinajstić information content (AvgIpc) is 2.36. The second kappa shape index (κ2) is 5.78. The normalized spacial score (nSPS) is 10.3. The molecular weight excluding hydrogens is 251 g/mol. The van der Waals surface area contributed by atoms with E-state index >= 15 is 0 Å². The van der Waals surface area contributed by atoms with Crippen molar-refractivity contribution in [3.63, 3.8) is 0 Å². The van der Waals surface area contributed by atoms with Crippen molar-refractivity contribution < 1.29 is 9.18 Å². The lowest BCUT2D eigenvalue weighted by molar-refractivity contribution is -0.117. The summed E-state index contributed by atoms with van der Waals surface area (Å²) in [5.41, 5.74) is 1.49. The van der Waals surface area contributed by atoms with Crippen molar-refractivity contribution in [2.75, 3.05) is 0 Å². The number of hydrogen-bond acceptors (Lipinski definition) is 1. The van der Waals surface area contributed by atoms with E-state index in [1.54, 1.807) is 12.1 Å². The Morgan fingerprint density at radius 1 is 1.00 bits per heavy atom. The molecule has 0 fully saturated rings. The third-order valence-corrected chi connectivity index (χ3v) is 3.09. The Hall–Kier alpha value is -1.67. The number of ketones is 1. The molecule has 0 atom stereocenters. The fraction of sp³-hybridized carbons (Fsp3) is 0.133. The molecule has 0 radical (unpaired) electrons. The van der Waals surface area contributed by atoms with E-state index < -0.39 is 5.82 Å². The molecule has 0 spiro atoms. The van der Waals surface area contributed by atoms with Crippen molar-refractivity contribution >= 4 is 17.4 Å². The highest BCUT2D eigenvalue weighted by Gasteiger charge is 2.10. The van der Waals surface area contributed by atoms with Crippen molar-refractivity contribution in [2.24, 2.45) is 0 Å². The fourth-order valence-corrected chi connectivity index (χ4v) is 1.98. The van der Waals surface area contributed by atoms with Gasteiger partial charge in [0, 0.05) is 12.8 Å². The van der Waals surface area contributed by atoms with Crippen LogP contribution in [0.25, 0.3) is 0 Å². The van der Waals surface area contributed by atoms with Crippen LogP contribution in [0, 0.1) is 5.82 Å². The molecule has 2 aromatic rings. The average molecular weight is 263 g/mol. The lowest BCUT2D eigenvalue weighted by atomic mass is 10.0. The summed E-state index contributed by atoms with van der Waals surface area (Å²) in [5, 5.41) is 0.0407. The summed E-state index contributed by atoms with van der Waals surface area (Å²) < 4.78 is 13.2. The van der Waals surface area contributed by atoms with Crippen molar-refractivity contribution in [1.82, 2.24) is 0 Å². The molecule has 0 unspecified atom stereocenters. The van der Waals surface area contributed by atoms with Gasteiger partial charge in [0.25, 0.3) is 0 Å². The van der Waals surface area contributed by atoms with Gasteiger partial charge in [0.2, 0.25) is 0 Å². The van der Waals surface area contributed by atoms with Crippen molar-refractivity contribution in [2.45, 2.75) is 12.8 Å². The van der Waals surface area contributed by atoms with Crippen molar-refractivity contribution in [3.8, 4) is 0 Å². The molecule has 18 heavy (non-hydrogen) atoms. The highest BCUT2D eigenvalue weighted by Crippen LogP contribution is 2.20.